The fourth-order valence-corrected chi connectivity index (χ4v) is 4.10. The van der Waals surface area contributed by atoms with E-state index in [2.05, 4.69) is 5.32 Å². The van der Waals surface area contributed by atoms with Crippen LogP contribution in [0.4, 0.5) is 10.1 Å². The van der Waals surface area contributed by atoms with Crippen LogP contribution >= 0.6 is 0 Å². The minimum Gasteiger partial charge on any atom is -0.354 e. The molecule has 0 aliphatic rings. The third-order valence-electron chi connectivity index (χ3n) is 5.30. The fraction of sp³-hybridized carbons (Fsp3) is 0.417. The van der Waals surface area contributed by atoms with Gasteiger partial charge < -0.3 is 10.2 Å². The number of unbranched alkanes of at least 4 members (excludes halogenated alkanes) is 1. The Balaban J connectivity index is 2.35. The number of nitrogens with zero attached hydrogens (tertiary/aromatic N) is 2. The van der Waals surface area contributed by atoms with E-state index in [4.69, 9.17) is 0 Å². The van der Waals surface area contributed by atoms with Crippen molar-refractivity contribution in [2.45, 2.75) is 46.2 Å². The Hall–Kier alpha value is -2.94. The second-order valence-corrected chi connectivity index (χ2v) is 9.95. The van der Waals surface area contributed by atoms with Gasteiger partial charge in [0.1, 0.15) is 18.4 Å². The monoisotopic (exact) mass is 477 g/mol. The van der Waals surface area contributed by atoms with E-state index in [9.17, 15) is 22.4 Å². The molecule has 180 valence electrons. The molecule has 0 saturated carbocycles. The third kappa shape index (κ3) is 7.56. The topological polar surface area (TPSA) is 86.8 Å². The van der Waals surface area contributed by atoms with Gasteiger partial charge in [-0.05, 0) is 38.5 Å². The van der Waals surface area contributed by atoms with Gasteiger partial charge in [0.05, 0.1) is 11.9 Å². The minimum absolute atomic E-state index is 0.167. The molecule has 7 nitrogen and oxygen atoms in total. The summed E-state index contributed by atoms with van der Waals surface area (Å²) in [6.07, 6.45) is 2.70. The Morgan fingerprint density at radius 2 is 1.73 bits per heavy atom. The Bertz CT molecular complexity index is 1060. The van der Waals surface area contributed by atoms with Gasteiger partial charge in [0.25, 0.3) is 0 Å². The summed E-state index contributed by atoms with van der Waals surface area (Å²) in [7, 11) is -3.79. The fourth-order valence-electron chi connectivity index (χ4n) is 3.25. The average Bonchev–Trinajstić information content (AvgIpc) is 2.76. The van der Waals surface area contributed by atoms with Crippen molar-refractivity contribution >= 4 is 27.5 Å². The highest BCUT2D eigenvalue weighted by molar-refractivity contribution is 7.92. The van der Waals surface area contributed by atoms with Gasteiger partial charge in [-0.3, -0.25) is 13.9 Å². The number of sulfonamides is 1. The molecule has 2 aromatic carbocycles. The predicted octanol–water partition coefficient (Wildman–Crippen LogP) is 3.23. The van der Waals surface area contributed by atoms with Crippen LogP contribution in [0.2, 0.25) is 0 Å². The molecule has 0 fully saturated rings. The number of anilines is 1. The summed E-state index contributed by atoms with van der Waals surface area (Å²) in [5.74, 6) is -1.50. The second-order valence-electron chi connectivity index (χ2n) is 8.04. The first-order chi connectivity index (χ1) is 15.5. The van der Waals surface area contributed by atoms with Gasteiger partial charge in [0.2, 0.25) is 21.8 Å². The first-order valence-corrected chi connectivity index (χ1v) is 12.7. The first kappa shape index (κ1) is 26.3. The van der Waals surface area contributed by atoms with Crippen molar-refractivity contribution in [2.24, 2.45) is 0 Å². The Morgan fingerprint density at radius 3 is 2.30 bits per heavy atom. The molecule has 0 spiro atoms. The molecule has 33 heavy (non-hydrogen) atoms. The number of rotatable bonds is 11. The van der Waals surface area contributed by atoms with E-state index >= 15 is 0 Å². The van der Waals surface area contributed by atoms with Crippen molar-refractivity contribution in [1.82, 2.24) is 10.2 Å². The quantitative estimate of drug-likeness (QED) is 0.504. The molecule has 0 heterocycles. The molecule has 0 saturated heterocycles. The summed E-state index contributed by atoms with van der Waals surface area (Å²) >= 11 is 0. The standard InChI is InChI=1S/C24H32FN3O4S/c1-5-6-15-26-24(30)19(3)27(16-20-9-7-8-10-22(20)25)23(29)17-28(33(4,31)32)21-13-11-18(2)12-14-21/h7-14,19H,5-6,15-17H2,1-4H3,(H,26,30). The Morgan fingerprint density at radius 1 is 1.09 bits per heavy atom. The number of halogens is 1. The van der Waals surface area contributed by atoms with Gasteiger partial charge in [0, 0.05) is 18.7 Å². The van der Waals surface area contributed by atoms with Gasteiger partial charge >= 0.3 is 0 Å². The first-order valence-electron chi connectivity index (χ1n) is 10.9. The Labute approximate surface area is 195 Å². The van der Waals surface area contributed by atoms with Crippen molar-refractivity contribution < 1.29 is 22.4 Å². The van der Waals surface area contributed by atoms with Crippen LogP contribution in [0.15, 0.2) is 48.5 Å². The lowest BCUT2D eigenvalue weighted by molar-refractivity contribution is -0.139. The van der Waals surface area contributed by atoms with Gasteiger partial charge in [-0.25, -0.2) is 12.8 Å². The highest BCUT2D eigenvalue weighted by Crippen LogP contribution is 2.20. The normalized spacial score (nSPS) is 12.2. The molecule has 2 aromatic rings. The smallest absolute Gasteiger partial charge is 0.244 e. The molecule has 0 radical (unpaired) electrons. The molecule has 1 unspecified atom stereocenters. The second kappa shape index (κ2) is 11.8. The molecule has 0 aromatic heterocycles. The van der Waals surface area contributed by atoms with Crippen molar-refractivity contribution in [3.63, 3.8) is 0 Å². The summed E-state index contributed by atoms with van der Waals surface area (Å²) in [5, 5.41) is 2.78. The van der Waals surface area contributed by atoms with Crippen molar-refractivity contribution in [1.29, 1.82) is 0 Å². The lowest BCUT2D eigenvalue weighted by Gasteiger charge is -2.31. The maximum atomic E-state index is 14.3. The van der Waals surface area contributed by atoms with Gasteiger partial charge in [0.15, 0.2) is 0 Å². The van der Waals surface area contributed by atoms with Crippen LogP contribution in [0, 0.1) is 12.7 Å². The van der Waals surface area contributed by atoms with Crippen molar-refractivity contribution in [3.8, 4) is 0 Å². The highest BCUT2D eigenvalue weighted by atomic mass is 32.2. The molecule has 2 rings (SSSR count). The van der Waals surface area contributed by atoms with Gasteiger partial charge in [-0.2, -0.15) is 0 Å². The zero-order valence-corrected chi connectivity index (χ0v) is 20.4. The summed E-state index contributed by atoms with van der Waals surface area (Å²) < 4.78 is 40.3. The van der Waals surface area contributed by atoms with E-state index < -0.39 is 34.3 Å². The predicted molar refractivity (Wildman–Crippen MR) is 128 cm³/mol. The number of aryl methyl sites for hydroxylation is 1. The number of carbonyl (C=O) groups excluding carboxylic acids is 2. The van der Waals surface area contributed by atoms with E-state index in [1.807, 2.05) is 13.8 Å². The average molecular weight is 478 g/mol. The Kier molecular flexibility index (Phi) is 9.40. The van der Waals surface area contributed by atoms with Crippen LogP contribution in [-0.2, 0) is 26.2 Å². The maximum absolute atomic E-state index is 14.3. The number of hydrogen-bond donors (Lipinski definition) is 1. The SMILES string of the molecule is CCCCNC(=O)C(C)N(Cc1ccccc1F)C(=O)CN(c1ccc(C)cc1)S(C)(=O)=O. The zero-order valence-electron chi connectivity index (χ0n) is 19.5. The van der Waals surface area contributed by atoms with E-state index in [1.165, 1.54) is 23.1 Å². The highest BCUT2D eigenvalue weighted by Gasteiger charge is 2.30. The van der Waals surface area contributed by atoms with Crippen molar-refractivity contribution in [3.05, 3.63) is 65.5 Å². The van der Waals surface area contributed by atoms with E-state index in [-0.39, 0.29) is 18.0 Å². The number of hydrogen-bond acceptors (Lipinski definition) is 4. The summed E-state index contributed by atoms with van der Waals surface area (Å²) in [6, 6.07) is 11.8. The molecule has 1 atom stereocenters. The van der Waals surface area contributed by atoms with Crippen LogP contribution in [0.25, 0.3) is 0 Å². The third-order valence-corrected chi connectivity index (χ3v) is 6.44. The maximum Gasteiger partial charge on any atom is 0.244 e. The summed E-state index contributed by atoms with van der Waals surface area (Å²) in [5.41, 5.74) is 1.51. The molecule has 0 aliphatic heterocycles. The molecular weight excluding hydrogens is 445 g/mol. The van der Waals surface area contributed by atoms with Gasteiger partial charge in [-0.15, -0.1) is 0 Å². The van der Waals surface area contributed by atoms with Crippen LogP contribution < -0.4 is 9.62 Å². The number of carbonyl (C=O) groups is 2. The molecule has 1 N–H and O–H groups in total. The lowest BCUT2D eigenvalue weighted by atomic mass is 10.1. The van der Waals surface area contributed by atoms with Gasteiger partial charge in [-0.1, -0.05) is 49.2 Å². The lowest BCUT2D eigenvalue weighted by Crippen LogP contribution is -2.51. The van der Waals surface area contributed by atoms with Crippen LogP contribution in [0.5, 0.6) is 0 Å². The van der Waals surface area contributed by atoms with E-state index in [0.717, 1.165) is 29.0 Å². The van der Waals surface area contributed by atoms with Crippen molar-refractivity contribution in [2.75, 3.05) is 23.7 Å². The zero-order chi connectivity index (χ0) is 24.6. The van der Waals surface area contributed by atoms with E-state index in [1.54, 1.807) is 37.3 Å². The number of nitrogens with one attached hydrogen (secondary N) is 1. The molecular formula is C24H32FN3O4S. The molecule has 0 aliphatic carbocycles. The number of amides is 2. The summed E-state index contributed by atoms with van der Waals surface area (Å²) in [6.45, 7) is 5.20. The van der Waals surface area contributed by atoms with Crippen LogP contribution in [0.1, 0.15) is 37.8 Å². The largest absolute Gasteiger partial charge is 0.354 e. The molecule has 0 bridgehead atoms. The van der Waals surface area contributed by atoms with E-state index in [0.29, 0.717) is 12.2 Å². The van der Waals surface area contributed by atoms with Crippen LogP contribution in [0.3, 0.4) is 0 Å². The summed E-state index contributed by atoms with van der Waals surface area (Å²) in [4.78, 5) is 27.3. The molecule has 9 heteroatoms. The van der Waals surface area contributed by atoms with Crippen LogP contribution in [-0.4, -0.2) is 50.5 Å². The minimum atomic E-state index is -3.79. The molecule has 2 amide bonds. The number of benzene rings is 2.